The van der Waals surface area contributed by atoms with Crippen LogP contribution < -0.4 is 5.48 Å². The minimum atomic E-state index is 0.0550. The largest absolute Gasteiger partial charge is 0.232 e. The van der Waals surface area contributed by atoms with Crippen molar-refractivity contribution in [2.24, 2.45) is 5.41 Å². The monoisotopic (exact) mass is 271 g/mol. The third-order valence-electron chi connectivity index (χ3n) is 1.29. The van der Waals surface area contributed by atoms with Gasteiger partial charge in [-0.25, -0.2) is 3.17 Å². The summed E-state index contributed by atoms with van der Waals surface area (Å²) in [4.78, 5) is 0. The van der Waals surface area contributed by atoms with Crippen molar-refractivity contribution in [3.05, 3.63) is 0 Å². The van der Waals surface area contributed by atoms with E-state index in [0.29, 0.717) is 5.41 Å². The van der Waals surface area contributed by atoms with Crippen molar-refractivity contribution in [3.63, 3.8) is 0 Å². The summed E-state index contributed by atoms with van der Waals surface area (Å²) < 4.78 is 4.87. The molecule has 68 valence electrons. The smallest absolute Gasteiger partial charge is 0.136 e. The fourth-order valence-corrected chi connectivity index (χ4v) is 2.06. The van der Waals surface area contributed by atoms with Gasteiger partial charge in [0.25, 0.3) is 0 Å². The van der Waals surface area contributed by atoms with E-state index in [4.69, 9.17) is 3.17 Å². The second-order valence-corrected chi connectivity index (χ2v) is 5.24. The van der Waals surface area contributed by atoms with Gasteiger partial charge >= 0.3 is 0 Å². The number of hydrogen-bond acceptors (Lipinski definition) is 2. The SMILES string of the molecule is CC(C)(C)CC(C)(C)NOI. The summed E-state index contributed by atoms with van der Waals surface area (Å²) in [6.45, 7) is 10.9. The number of hydrogen-bond donors (Lipinski definition) is 1. The molecule has 0 atom stereocenters. The molecule has 0 aromatic heterocycles. The van der Waals surface area contributed by atoms with E-state index in [-0.39, 0.29) is 5.54 Å². The van der Waals surface area contributed by atoms with Gasteiger partial charge in [-0.2, -0.15) is 5.48 Å². The summed E-state index contributed by atoms with van der Waals surface area (Å²) in [5.41, 5.74) is 3.36. The number of rotatable bonds is 3. The van der Waals surface area contributed by atoms with Crippen molar-refractivity contribution in [2.75, 3.05) is 0 Å². The molecular weight excluding hydrogens is 253 g/mol. The Morgan fingerprint density at radius 1 is 1.18 bits per heavy atom. The number of halogens is 1. The zero-order valence-electron chi connectivity index (χ0n) is 7.99. The van der Waals surface area contributed by atoms with Gasteiger partial charge in [-0.1, -0.05) is 20.8 Å². The Hall–Kier alpha value is 0.650. The lowest BCUT2D eigenvalue weighted by atomic mass is 9.82. The molecule has 0 unspecified atom stereocenters. The van der Waals surface area contributed by atoms with Crippen LogP contribution in [-0.4, -0.2) is 5.54 Å². The lowest BCUT2D eigenvalue weighted by molar-refractivity contribution is 0.122. The standard InChI is InChI=1S/C8H18INO/c1-7(2,3)6-8(4,5)10-11-9/h10H,6H2,1-5H3. The van der Waals surface area contributed by atoms with Gasteiger partial charge in [-0.15, -0.1) is 0 Å². The summed E-state index contributed by atoms with van der Waals surface area (Å²) in [6.07, 6.45) is 1.09. The van der Waals surface area contributed by atoms with Crippen LogP contribution in [0.4, 0.5) is 0 Å². The third kappa shape index (κ3) is 7.03. The van der Waals surface area contributed by atoms with Crippen LogP contribution in [0.5, 0.6) is 0 Å². The van der Waals surface area contributed by atoms with Crippen molar-refractivity contribution in [1.29, 1.82) is 0 Å². The van der Waals surface area contributed by atoms with Gasteiger partial charge in [0.1, 0.15) is 23.0 Å². The van der Waals surface area contributed by atoms with Crippen molar-refractivity contribution in [3.8, 4) is 0 Å². The molecule has 0 bridgehead atoms. The van der Waals surface area contributed by atoms with E-state index in [1.807, 2.05) is 23.0 Å². The zero-order chi connectivity index (χ0) is 9.12. The molecule has 0 saturated heterocycles. The molecule has 0 spiro atoms. The molecule has 0 amide bonds. The average molecular weight is 271 g/mol. The van der Waals surface area contributed by atoms with E-state index in [2.05, 4.69) is 40.1 Å². The molecule has 0 fully saturated rings. The van der Waals surface area contributed by atoms with Gasteiger partial charge in [-0.05, 0) is 25.7 Å². The summed E-state index contributed by atoms with van der Waals surface area (Å²) in [5.74, 6) is 0. The van der Waals surface area contributed by atoms with Crippen LogP contribution in [0.25, 0.3) is 0 Å². The molecule has 0 saturated carbocycles. The summed E-state index contributed by atoms with van der Waals surface area (Å²) in [6, 6.07) is 0. The predicted molar refractivity (Wildman–Crippen MR) is 56.4 cm³/mol. The summed E-state index contributed by atoms with van der Waals surface area (Å²) in [5, 5.41) is 0. The lowest BCUT2D eigenvalue weighted by Crippen LogP contribution is -2.40. The average Bonchev–Trinajstić information content (AvgIpc) is 1.55. The molecule has 0 aliphatic carbocycles. The maximum atomic E-state index is 4.87. The highest BCUT2D eigenvalue weighted by molar-refractivity contribution is 14.1. The van der Waals surface area contributed by atoms with Crippen LogP contribution in [0.1, 0.15) is 41.0 Å². The van der Waals surface area contributed by atoms with Crippen LogP contribution in [0.3, 0.4) is 0 Å². The molecular formula is C8H18INO. The fourth-order valence-electron chi connectivity index (χ4n) is 1.47. The first-order valence-corrected chi connectivity index (χ1v) is 4.70. The van der Waals surface area contributed by atoms with E-state index in [1.165, 1.54) is 0 Å². The van der Waals surface area contributed by atoms with Crippen LogP contribution in [0, 0.1) is 5.41 Å². The Labute approximate surface area is 83.7 Å². The lowest BCUT2D eigenvalue weighted by Gasteiger charge is -2.31. The van der Waals surface area contributed by atoms with Crippen LogP contribution in [0.15, 0.2) is 0 Å². The second kappa shape index (κ2) is 4.05. The van der Waals surface area contributed by atoms with Gasteiger partial charge in [0.15, 0.2) is 0 Å². The second-order valence-electron chi connectivity index (χ2n) is 4.80. The molecule has 0 aliphatic rings. The van der Waals surface area contributed by atoms with E-state index < -0.39 is 0 Å². The third-order valence-corrected chi connectivity index (χ3v) is 1.51. The Bertz CT molecular complexity index is 118. The predicted octanol–water partition coefficient (Wildman–Crippen LogP) is 3.07. The number of nitrogens with one attached hydrogen (secondary N) is 1. The topological polar surface area (TPSA) is 21.3 Å². The van der Waals surface area contributed by atoms with Crippen molar-refractivity contribution in [2.45, 2.75) is 46.6 Å². The molecule has 1 N–H and O–H groups in total. The van der Waals surface area contributed by atoms with Crippen molar-refractivity contribution >= 4 is 23.0 Å². The zero-order valence-corrected chi connectivity index (χ0v) is 10.2. The molecule has 0 heterocycles. The highest BCUT2D eigenvalue weighted by Gasteiger charge is 2.25. The van der Waals surface area contributed by atoms with Crippen molar-refractivity contribution < 1.29 is 3.17 Å². The molecule has 0 aliphatic heterocycles. The highest BCUT2D eigenvalue weighted by atomic mass is 127. The maximum absolute atomic E-state index is 4.87. The van der Waals surface area contributed by atoms with E-state index >= 15 is 0 Å². The van der Waals surface area contributed by atoms with Crippen LogP contribution >= 0.6 is 23.0 Å². The first-order chi connectivity index (χ1) is 4.77. The molecule has 0 aromatic carbocycles. The molecule has 3 heteroatoms. The summed E-state index contributed by atoms with van der Waals surface area (Å²) >= 11 is 1.85. The molecule has 2 nitrogen and oxygen atoms in total. The highest BCUT2D eigenvalue weighted by Crippen LogP contribution is 2.26. The minimum absolute atomic E-state index is 0.0550. The molecule has 11 heavy (non-hydrogen) atoms. The van der Waals surface area contributed by atoms with Crippen LogP contribution in [0.2, 0.25) is 0 Å². The molecule has 0 rings (SSSR count). The summed E-state index contributed by atoms with van der Waals surface area (Å²) in [7, 11) is 0. The quantitative estimate of drug-likeness (QED) is 0.629. The minimum Gasteiger partial charge on any atom is -0.232 e. The Balaban J connectivity index is 3.91. The normalized spacial score (nSPS) is 13.6. The van der Waals surface area contributed by atoms with Gasteiger partial charge in [-0.3, -0.25) is 0 Å². The fraction of sp³-hybridized carbons (Fsp3) is 1.00. The maximum Gasteiger partial charge on any atom is 0.136 e. The van der Waals surface area contributed by atoms with Crippen LogP contribution in [-0.2, 0) is 3.17 Å². The first-order valence-electron chi connectivity index (χ1n) is 3.82. The number of hydroxylamine groups is 1. The van der Waals surface area contributed by atoms with Crippen molar-refractivity contribution in [1.82, 2.24) is 5.48 Å². The van der Waals surface area contributed by atoms with Gasteiger partial charge in [0.2, 0.25) is 0 Å². The van der Waals surface area contributed by atoms with E-state index in [9.17, 15) is 0 Å². The van der Waals surface area contributed by atoms with Gasteiger partial charge in [0, 0.05) is 5.54 Å². The van der Waals surface area contributed by atoms with E-state index in [1.54, 1.807) is 0 Å². The van der Waals surface area contributed by atoms with Gasteiger partial charge < -0.3 is 0 Å². The van der Waals surface area contributed by atoms with Gasteiger partial charge in [0.05, 0.1) is 0 Å². The molecule has 0 aromatic rings. The Morgan fingerprint density at radius 2 is 1.64 bits per heavy atom. The first kappa shape index (κ1) is 11.6. The van der Waals surface area contributed by atoms with E-state index in [0.717, 1.165) is 6.42 Å². The Morgan fingerprint density at radius 3 is 1.91 bits per heavy atom. The molecule has 0 radical (unpaired) electrons. The Kier molecular flexibility index (Phi) is 4.29.